The number of benzene rings is 2. The molecule has 0 bridgehead atoms. The summed E-state index contributed by atoms with van der Waals surface area (Å²) in [5.41, 5.74) is 11.0. The highest BCUT2D eigenvalue weighted by atomic mass is 16.1. The Morgan fingerprint density at radius 2 is 1.89 bits per heavy atom. The minimum Gasteiger partial charge on any atom is -0.399 e. The number of nitrogens with one attached hydrogen (secondary N) is 2. The van der Waals surface area contributed by atoms with Gasteiger partial charge in [-0.25, -0.2) is 0 Å². The third-order valence-electron chi connectivity index (χ3n) is 5.15. The lowest BCUT2D eigenvalue weighted by molar-refractivity contribution is -0.117. The van der Waals surface area contributed by atoms with E-state index in [0.717, 1.165) is 30.5 Å². The van der Waals surface area contributed by atoms with Crippen LogP contribution >= 0.6 is 0 Å². The van der Waals surface area contributed by atoms with Gasteiger partial charge in [-0.15, -0.1) is 0 Å². The molecule has 0 saturated heterocycles. The standard InChI is InChI=1S/C23H26N4O/c1-2-22(18-8-7-16-5-3-4-6-17(16)13-18)27-23(28)19(14-24)15-26-21-11-9-20(25)10-12-21/h7-13,15,22,26H,2-6,25H2,1H3,(H,27,28)/b19-15-. The first-order chi connectivity index (χ1) is 13.6. The van der Waals surface area contributed by atoms with Crippen molar-refractivity contribution in [3.63, 3.8) is 0 Å². The number of fused-ring (bicyclic) bond motifs is 1. The van der Waals surface area contributed by atoms with Crippen molar-refractivity contribution in [2.45, 2.75) is 45.1 Å². The molecule has 4 N–H and O–H groups in total. The molecule has 2 aromatic carbocycles. The van der Waals surface area contributed by atoms with E-state index in [1.807, 2.05) is 13.0 Å². The van der Waals surface area contributed by atoms with E-state index < -0.39 is 0 Å². The topological polar surface area (TPSA) is 90.9 Å². The zero-order valence-corrected chi connectivity index (χ0v) is 16.2. The van der Waals surface area contributed by atoms with E-state index in [0.29, 0.717) is 5.69 Å². The van der Waals surface area contributed by atoms with Gasteiger partial charge in [-0.2, -0.15) is 5.26 Å². The lowest BCUT2D eigenvalue weighted by atomic mass is 9.88. The lowest BCUT2D eigenvalue weighted by Crippen LogP contribution is -2.29. The Bertz CT molecular complexity index is 909. The molecule has 1 aliphatic carbocycles. The fourth-order valence-electron chi connectivity index (χ4n) is 3.51. The summed E-state index contributed by atoms with van der Waals surface area (Å²) in [4.78, 5) is 12.6. The summed E-state index contributed by atoms with van der Waals surface area (Å²) >= 11 is 0. The number of rotatable bonds is 6. The molecule has 0 heterocycles. The molecule has 1 unspecified atom stereocenters. The maximum absolute atomic E-state index is 12.6. The second-order valence-electron chi connectivity index (χ2n) is 7.11. The number of nitrogen functional groups attached to an aromatic ring is 1. The zero-order valence-electron chi connectivity index (χ0n) is 16.2. The fraction of sp³-hybridized carbons (Fsp3) is 0.304. The monoisotopic (exact) mass is 374 g/mol. The van der Waals surface area contributed by atoms with Crippen LogP contribution in [0.25, 0.3) is 0 Å². The largest absolute Gasteiger partial charge is 0.399 e. The van der Waals surface area contributed by atoms with Crippen molar-refractivity contribution in [2.75, 3.05) is 11.1 Å². The highest BCUT2D eigenvalue weighted by Gasteiger charge is 2.18. The molecular formula is C23H26N4O. The van der Waals surface area contributed by atoms with Crippen molar-refractivity contribution in [1.29, 1.82) is 5.26 Å². The first kappa shape index (κ1) is 19.5. The Labute approximate surface area is 166 Å². The second-order valence-corrected chi connectivity index (χ2v) is 7.11. The van der Waals surface area contributed by atoms with E-state index in [1.54, 1.807) is 24.3 Å². The van der Waals surface area contributed by atoms with E-state index in [2.05, 4.69) is 28.8 Å². The first-order valence-electron chi connectivity index (χ1n) is 9.75. The number of nitriles is 1. The van der Waals surface area contributed by atoms with Gasteiger partial charge in [0.15, 0.2) is 0 Å². The Hall–Kier alpha value is -3.26. The fourth-order valence-corrected chi connectivity index (χ4v) is 3.51. The van der Waals surface area contributed by atoms with Crippen molar-refractivity contribution in [3.8, 4) is 6.07 Å². The summed E-state index contributed by atoms with van der Waals surface area (Å²) < 4.78 is 0. The molecule has 0 fully saturated rings. The highest BCUT2D eigenvalue weighted by molar-refractivity contribution is 5.97. The number of nitrogens with zero attached hydrogens (tertiary/aromatic N) is 1. The molecule has 0 aromatic heterocycles. The quantitative estimate of drug-likeness (QED) is 0.401. The number of hydrogen-bond donors (Lipinski definition) is 3. The SMILES string of the molecule is CCC(NC(=O)/C(C#N)=C\Nc1ccc(N)cc1)c1ccc2c(c1)CCCC2. The molecule has 0 saturated carbocycles. The van der Waals surface area contributed by atoms with Crippen LogP contribution < -0.4 is 16.4 Å². The van der Waals surface area contributed by atoms with E-state index >= 15 is 0 Å². The van der Waals surface area contributed by atoms with Gasteiger partial charge in [0.05, 0.1) is 6.04 Å². The predicted molar refractivity (Wildman–Crippen MR) is 112 cm³/mol. The molecule has 5 nitrogen and oxygen atoms in total. The van der Waals surface area contributed by atoms with Crippen LogP contribution in [0.15, 0.2) is 54.2 Å². The van der Waals surface area contributed by atoms with Crippen LogP contribution in [0.1, 0.15) is 48.9 Å². The lowest BCUT2D eigenvalue weighted by Gasteiger charge is -2.21. The molecule has 5 heteroatoms. The van der Waals surface area contributed by atoms with Crippen molar-refractivity contribution >= 4 is 17.3 Å². The highest BCUT2D eigenvalue weighted by Crippen LogP contribution is 2.26. The van der Waals surface area contributed by atoms with Crippen LogP contribution in [-0.4, -0.2) is 5.91 Å². The Balaban J connectivity index is 1.70. The second kappa shape index (κ2) is 9.09. The maximum Gasteiger partial charge on any atom is 0.263 e. The van der Waals surface area contributed by atoms with Gasteiger partial charge in [0.2, 0.25) is 0 Å². The summed E-state index contributed by atoms with van der Waals surface area (Å²) in [7, 11) is 0. The predicted octanol–water partition coefficient (Wildman–Crippen LogP) is 4.23. The molecule has 3 rings (SSSR count). The first-order valence-corrected chi connectivity index (χ1v) is 9.75. The Kier molecular flexibility index (Phi) is 6.33. The van der Waals surface area contributed by atoms with Gasteiger partial charge >= 0.3 is 0 Å². The van der Waals surface area contributed by atoms with Gasteiger partial charge in [-0.3, -0.25) is 4.79 Å². The number of anilines is 2. The zero-order chi connectivity index (χ0) is 19.9. The summed E-state index contributed by atoms with van der Waals surface area (Å²) in [6.07, 6.45) is 6.89. The van der Waals surface area contributed by atoms with E-state index in [1.165, 1.54) is 30.2 Å². The van der Waals surface area contributed by atoms with Crippen molar-refractivity contribution < 1.29 is 4.79 Å². The molecule has 0 radical (unpaired) electrons. The summed E-state index contributed by atoms with van der Waals surface area (Å²) in [6, 6.07) is 15.4. The Morgan fingerprint density at radius 1 is 1.18 bits per heavy atom. The normalized spacial score (nSPS) is 14.5. The third-order valence-corrected chi connectivity index (χ3v) is 5.15. The van der Waals surface area contributed by atoms with Gasteiger partial charge in [-0.1, -0.05) is 25.1 Å². The van der Waals surface area contributed by atoms with Crippen molar-refractivity contribution in [3.05, 3.63) is 70.9 Å². The number of carbonyl (C=O) groups is 1. The van der Waals surface area contributed by atoms with Crippen LogP contribution in [0.4, 0.5) is 11.4 Å². The van der Waals surface area contributed by atoms with Crippen LogP contribution in [-0.2, 0) is 17.6 Å². The molecule has 1 aliphatic rings. The van der Waals surface area contributed by atoms with E-state index in [-0.39, 0.29) is 17.5 Å². The van der Waals surface area contributed by atoms with E-state index in [4.69, 9.17) is 5.73 Å². The van der Waals surface area contributed by atoms with Crippen LogP contribution in [0, 0.1) is 11.3 Å². The molecule has 2 aromatic rings. The number of hydrogen-bond acceptors (Lipinski definition) is 4. The molecule has 0 spiro atoms. The molecule has 144 valence electrons. The van der Waals surface area contributed by atoms with Gasteiger partial charge in [0, 0.05) is 17.6 Å². The molecular weight excluding hydrogens is 348 g/mol. The summed E-state index contributed by atoms with van der Waals surface area (Å²) in [5.74, 6) is -0.380. The third kappa shape index (κ3) is 4.72. The van der Waals surface area contributed by atoms with Crippen LogP contribution in [0.3, 0.4) is 0 Å². The number of amides is 1. The number of carbonyl (C=O) groups excluding carboxylic acids is 1. The molecule has 1 atom stereocenters. The smallest absolute Gasteiger partial charge is 0.263 e. The molecule has 28 heavy (non-hydrogen) atoms. The summed E-state index contributed by atoms with van der Waals surface area (Å²) in [5, 5.41) is 15.4. The van der Waals surface area contributed by atoms with Crippen LogP contribution in [0.5, 0.6) is 0 Å². The molecule has 1 amide bonds. The maximum atomic E-state index is 12.6. The van der Waals surface area contributed by atoms with Gasteiger partial charge in [0.1, 0.15) is 11.6 Å². The minimum atomic E-state index is -0.380. The number of aryl methyl sites for hydroxylation is 2. The van der Waals surface area contributed by atoms with Gasteiger partial charge in [-0.05, 0) is 73.1 Å². The minimum absolute atomic E-state index is 0.0354. The van der Waals surface area contributed by atoms with Gasteiger partial charge < -0.3 is 16.4 Å². The summed E-state index contributed by atoms with van der Waals surface area (Å²) in [6.45, 7) is 2.03. The van der Waals surface area contributed by atoms with E-state index in [9.17, 15) is 10.1 Å². The average molecular weight is 374 g/mol. The average Bonchev–Trinajstić information content (AvgIpc) is 2.73. The van der Waals surface area contributed by atoms with Crippen LogP contribution in [0.2, 0.25) is 0 Å². The Morgan fingerprint density at radius 3 is 2.57 bits per heavy atom. The molecule has 0 aliphatic heterocycles. The van der Waals surface area contributed by atoms with Crippen molar-refractivity contribution in [1.82, 2.24) is 5.32 Å². The van der Waals surface area contributed by atoms with Crippen molar-refractivity contribution in [2.24, 2.45) is 0 Å². The number of nitrogens with two attached hydrogens (primary N) is 1. The van der Waals surface area contributed by atoms with Gasteiger partial charge in [0.25, 0.3) is 5.91 Å².